The molecule has 1 aromatic carbocycles. The second-order valence-corrected chi connectivity index (χ2v) is 3.72. The van der Waals surface area contributed by atoms with Gasteiger partial charge in [-0.05, 0) is 30.9 Å². The second kappa shape index (κ2) is 4.65. The number of fused-ring (bicyclic) bond motifs is 1. The molecule has 1 N–H and O–H groups in total. The Balaban J connectivity index is 2.05. The van der Waals surface area contributed by atoms with Crippen molar-refractivity contribution in [2.45, 2.75) is 25.7 Å². The van der Waals surface area contributed by atoms with E-state index in [4.69, 9.17) is 5.26 Å². The van der Waals surface area contributed by atoms with E-state index in [9.17, 15) is 0 Å². The smallest absolute Gasteiger partial charge is 0.0621 e. The highest BCUT2D eigenvalue weighted by Gasteiger charge is 2.01. The molecule has 1 aromatic heterocycles. The van der Waals surface area contributed by atoms with Crippen LogP contribution in [0.4, 0.5) is 0 Å². The molecule has 76 valence electrons. The van der Waals surface area contributed by atoms with E-state index in [1.807, 2.05) is 6.07 Å². The number of nitrogens with one attached hydrogen (secondary N) is 1. The topological polar surface area (TPSA) is 39.6 Å². The highest BCUT2D eigenvalue weighted by Crippen LogP contribution is 2.19. The molecular weight excluding hydrogens is 184 g/mol. The lowest BCUT2D eigenvalue weighted by molar-refractivity contribution is 0.755. The van der Waals surface area contributed by atoms with Crippen molar-refractivity contribution in [2.24, 2.45) is 0 Å². The maximum atomic E-state index is 8.44. The molecule has 0 fully saturated rings. The molecule has 0 saturated carbocycles. The van der Waals surface area contributed by atoms with Gasteiger partial charge >= 0.3 is 0 Å². The standard InChI is InChI=1S/C13H14N2/c14-9-5-1-2-6-11-10-15-13-8-4-3-7-12(11)13/h3-4,7-8,10,15H,1-2,5-6H2. The van der Waals surface area contributed by atoms with Gasteiger partial charge in [-0.1, -0.05) is 18.2 Å². The summed E-state index contributed by atoms with van der Waals surface area (Å²) in [6, 6.07) is 10.5. The molecule has 0 aliphatic heterocycles. The molecule has 0 amide bonds. The van der Waals surface area contributed by atoms with Gasteiger partial charge in [0.15, 0.2) is 0 Å². The molecule has 0 atom stereocenters. The van der Waals surface area contributed by atoms with E-state index in [0.717, 1.165) is 19.3 Å². The Kier molecular flexibility index (Phi) is 3.04. The lowest BCUT2D eigenvalue weighted by Gasteiger charge is -1.97. The van der Waals surface area contributed by atoms with Crippen LogP contribution in [0.3, 0.4) is 0 Å². The summed E-state index contributed by atoms with van der Waals surface area (Å²) in [6.07, 6.45) is 5.90. The van der Waals surface area contributed by atoms with Crippen LogP contribution >= 0.6 is 0 Å². The SMILES string of the molecule is N#CCCCCc1c[nH]c2ccccc12. The predicted octanol–water partition coefficient (Wildman–Crippen LogP) is 3.40. The first-order chi connectivity index (χ1) is 7.42. The average Bonchev–Trinajstić information content (AvgIpc) is 2.68. The van der Waals surface area contributed by atoms with Crippen LogP contribution < -0.4 is 0 Å². The fraction of sp³-hybridized carbons (Fsp3) is 0.308. The number of para-hydroxylation sites is 1. The Morgan fingerprint density at radius 3 is 2.93 bits per heavy atom. The molecule has 0 radical (unpaired) electrons. The van der Waals surface area contributed by atoms with E-state index in [-0.39, 0.29) is 0 Å². The number of H-pyrrole nitrogens is 1. The first-order valence-electron chi connectivity index (χ1n) is 5.34. The van der Waals surface area contributed by atoms with Crippen molar-refractivity contribution >= 4 is 10.9 Å². The number of unbranched alkanes of at least 4 members (excludes halogenated alkanes) is 2. The number of nitriles is 1. The van der Waals surface area contributed by atoms with Crippen molar-refractivity contribution < 1.29 is 0 Å². The third kappa shape index (κ3) is 2.19. The Morgan fingerprint density at radius 2 is 2.07 bits per heavy atom. The van der Waals surface area contributed by atoms with Gasteiger partial charge in [-0.15, -0.1) is 0 Å². The van der Waals surface area contributed by atoms with Gasteiger partial charge in [0.25, 0.3) is 0 Å². The minimum absolute atomic E-state index is 0.669. The second-order valence-electron chi connectivity index (χ2n) is 3.72. The monoisotopic (exact) mass is 198 g/mol. The number of aromatic nitrogens is 1. The summed E-state index contributed by atoms with van der Waals surface area (Å²) in [4.78, 5) is 3.26. The van der Waals surface area contributed by atoms with Gasteiger partial charge < -0.3 is 4.98 Å². The molecule has 0 bridgehead atoms. The van der Waals surface area contributed by atoms with Crippen LogP contribution in [0.2, 0.25) is 0 Å². The Hall–Kier alpha value is -1.75. The molecule has 0 aliphatic rings. The molecule has 2 rings (SSSR count). The fourth-order valence-corrected chi connectivity index (χ4v) is 1.86. The molecule has 1 heterocycles. The van der Waals surface area contributed by atoms with Crippen molar-refractivity contribution in [1.29, 1.82) is 5.26 Å². The van der Waals surface area contributed by atoms with Crippen LogP contribution in [-0.2, 0) is 6.42 Å². The lowest BCUT2D eigenvalue weighted by atomic mass is 10.1. The van der Waals surface area contributed by atoms with E-state index in [1.165, 1.54) is 16.5 Å². The van der Waals surface area contributed by atoms with E-state index in [2.05, 4.69) is 35.4 Å². The maximum absolute atomic E-state index is 8.44. The first kappa shape index (κ1) is 9.79. The predicted molar refractivity (Wildman–Crippen MR) is 61.5 cm³/mol. The third-order valence-electron chi connectivity index (χ3n) is 2.66. The molecule has 2 nitrogen and oxygen atoms in total. The van der Waals surface area contributed by atoms with Crippen LogP contribution in [0.5, 0.6) is 0 Å². The minimum Gasteiger partial charge on any atom is -0.361 e. The van der Waals surface area contributed by atoms with Crippen molar-refractivity contribution in [3.8, 4) is 6.07 Å². The summed E-state index contributed by atoms with van der Waals surface area (Å²) in [5, 5.41) is 9.75. The van der Waals surface area contributed by atoms with Crippen molar-refractivity contribution in [1.82, 2.24) is 4.98 Å². The van der Waals surface area contributed by atoms with E-state index >= 15 is 0 Å². The number of nitrogens with zero attached hydrogens (tertiary/aromatic N) is 1. The molecule has 2 heteroatoms. The van der Waals surface area contributed by atoms with Gasteiger partial charge in [0.1, 0.15) is 0 Å². The van der Waals surface area contributed by atoms with Gasteiger partial charge in [-0.25, -0.2) is 0 Å². The molecule has 0 spiro atoms. The van der Waals surface area contributed by atoms with Gasteiger partial charge in [-0.3, -0.25) is 0 Å². The van der Waals surface area contributed by atoms with Gasteiger partial charge in [-0.2, -0.15) is 5.26 Å². The van der Waals surface area contributed by atoms with E-state index in [1.54, 1.807) is 0 Å². The zero-order valence-corrected chi connectivity index (χ0v) is 8.66. The van der Waals surface area contributed by atoms with Crippen LogP contribution in [0, 0.1) is 11.3 Å². The van der Waals surface area contributed by atoms with Crippen LogP contribution in [0.25, 0.3) is 10.9 Å². The molecule has 0 unspecified atom stereocenters. The van der Waals surface area contributed by atoms with Crippen molar-refractivity contribution in [2.75, 3.05) is 0 Å². The number of aromatic amines is 1. The summed E-state index contributed by atoms with van der Waals surface area (Å²) < 4.78 is 0. The molecule has 0 aliphatic carbocycles. The zero-order valence-electron chi connectivity index (χ0n) is 8.66. The Bertz CT molecular complexity index is 476. The van der Waals surface area contributed by atoms with Crippen molar-refractivity contribution in [3.05, 3.63) is 36.0 Å². The van der Waals surface area contributed by atoms with E-state index < -0.39 is 0 Å². The highest BCUT2D eigenvalue weighted by atomic mass is 14.7. The summed E-state index contributed by atoms with van der Waals surface area (Å²) >= 11 is 0. The van der Waals surface area contributed by atoms with Crippen LogP contribution in [-0.4, -0.2) is 4.98 Å². The largest absolute Gasteiger partial charge is 0.361 e. The average molecular weight is 198 g/mol. The number of aryl methyl sites for hydroxylation is 1. The third-order valence-corrected chi connectivity index (χ3v) is 2.66. The summed E-state index contributed by atoms with van der Waals surface area (Å²) in [5.41, 5.74) is 2.57. The first-order valence-corrected chi connectivity index (χ1v) is 5.34. The molecular formula is C13H14N2. The van der Waals surface area contributed by atoms with Crippen LogP contribution in [0.15, 0.2) is 30.5 Å². The van der Waals surface area contributed by atoms with Crippen LogP contribution in [0.1, 0.15) is 24.8 Å². The Labute approximate surface area is 89.5 Å². The fourth-order valence-electron chi connectivity index (χ4n) is 1.86. The quantitative estimate of drug-likeness (QED) is 0.751. The molecule has 0 saturated heterocycles. The Morgan fingerprint density at radius 1 is 1.20 bits per heavy atom. The van der Waals surface area contributed by atoms with Crippen molar-refractivity contribution in [3.63, 3.8) is 0 Å². The van der Waals surface area contributed by atoms with E-state index in [0.29, 0.717) is 6.42 Å². The molecule has 2 aromatic rings. The normalized spacial score (nSPS) is 10.3. The number of benzene rings is 1. The zero-order chi connectivity index (χ0) is 10.5. The summed E-state index contributed by atoms with van der Waals surface area (Å²) in [7, 11) is 0. The van der Waals surface area contributed by atoms with Gasteiger partial charge in [0.2, 0.25) is 0 Å². The number of hydrogen-bond acceptors (Lipinski definition) is 1. The summed E-state index contributed by atoms with van der Waals surface area (Å²) in [5.74, 6) is 0. The maximum Gasteiger partial charge on any atom is 0.0621 e. The molecule has 15 heavy (non-hydrogen) atoms. The van der Waals surface area contributed by atoms with Gasteiger partial charge in [0.05, 0.1) is 6.07 Å². The lowest BCUT2D eigenvalue weighted by Crippen LogP contribution is -1.83. The van der Waals surface area contributed by atoms with Gasteiger partial charge in [0, 0.05) is 23.5 Å². The number of rotatable bonds is 4. The number of hydrogen-bond donors (Lipinski definition) is 1. The minimum atomic E-state index is 0.669. The highest BCUT2D eigenvalue weighted by molar-refractivity contribution is 5.82. The summed E-state index contributed by atoms with van der Waals surface area (Å²) in [6.45, 7) is 0.